The molecule has 0 spiro atoms. The second kappa shape index (κ2) is 6.15. The fourth-order valence-corrected chi connectivity index (χ4v) is 6.14. The lowest BCUT2D eigenvalue weighted by Gasteiger charge is -2.55. The second-order valence-electron chi connectivity index (χ2n) is 8.71. The first-order valence-corrected chi connectivity index (χ1v) is 9.90. The average molecular weight is 312 g/mol. The molecule has 0 amide bonds. The highest BCUT2D eigenvalue weighted by atomic mass is 16.5. The molecule has 0 radical (unpaired) electrons. The lowest BCUT2D eigenvalue weighted by atomic mass is 9.51. The third-order valence-electron chi connectivity index (χ3n) is 7.23. The van der Waals surface area contributed by atoms with E-state index in [1.54, 1.807) is 0 Å². The molecule has 126 valence electrons. The van der Waals surface area contributed by atoms with Crippen molar-refractivity contribution in [3.8, 4) is 5.75 Å². The van der Waals surface area contributed by atoms with Gasteiger partial charge < -0.3 is 4.74 Å². The maximum absolute atomic E-state index is 6.41. The number of hydrogen-bond donors (Lipinski definition) is 0. The summed E-state index contributed by atoms with van der Waals surface area (Å²) in [5, 5.41) is 0. The molecule has 5 rings (SSSR count). The molecule has 4 saturated carbocycles. The van der Waals surface area contributed by atoms with E-state index in [9.17, 15) is 0 Å². The molecule has 4 fully saturated rings. The highest BCUT2D eigenvalue weighted by Gasteiger charge is 2.50. The van der Waals surface area contributed by atoms with Crippen LogP contribution in [-0.4, -0.2) is 6.10 Å². The number of ether oxygens (including phenoxy) is 1. The molecule has 4 aliphatic carbocycles. The summed E-state index contributed by atoms with van der Waals surface area (Å²) in [5.41, 5.74) is 1.43. The van der Waals surface area contributed by atoms with Crippen LogP contribution in [0.25, 0.3) is 0 Å². The molecular weight excluding hydrogens is 280 g/mol. The van der Waals surface area contributed by atoms with Crippen molar-refractivity contribution in [1.82, 2.24) is 0 Å². The summed E-state index contributed by atoms with van der Waals surface area (Å²) in [6, 6.07) is 8.89. The molecule has 0 aliphatic heterocycles. The minimum absolute atomic E-state index is 0.374. The van der Waals surface area contributed by atoms with Crippen molar-refractivity contribution in [2.45, 2.75) is 71.3 Å². The molecule has 0 aromatic heterocycles. The third kappa shape index (κ3) is 2.92. The van der Waals surface area contributed by atoms with E-state index >= 15 is 0 Å². The Kier molecular flexibility index (Phi) is 4.15. The zero-order valence-electron chi connectivity index (χ0n) is 15.0. The normalized spacial score (nSPS) is 37.6. The quantitative estimate of drug-likeness (QED) is 0.644. The minimum atomic E-state index is 0.374. The van der Waals surface area contributed by atoms with Crippen molar-refractivity contribution in [2.75, 3.05) is 0 Å². The number of benzene rings is 1. The number of rotatable bonds is 5. The van der Waals surface area contributed by atoms with E-state index in [2.05, 4.69) is 45.0 Å². The molecule has 2 atom stereocenters. The van der Waals surface area contributed by atoms with Crippen LogP contribution >= 0.6 is 0 Å². The van der Waals surface area contributed by atoms with E-state index in [0.717, 1.165) is 35.3 Å². The van der Waals surface area contributed by atoms with Gasteiger partial charge in [-0.2, -0.15) is 0 Å². The van der Waals surface area contributed by atoms with Gasteiger partial charge in [0.25, 0.3) is 0 Å². The molecule has 1 heteroatoms. The molecule has 23 heavy (non-hydrogen) atoms. The van der Waals surface area contributed by atoms with Crippen LogP contribution in [0.5, 0.6) is 5.75 Å². The van der Waals surface area contributed by atoms with Gasteiger partial charge in [0, 0.05) is 5.92 Å². The summed E-state index contributed by atoms with van der Waals surface area (Å²) in [5.74, 6) is 6.51. The molecule has 1 nitrogen and oxygen atoms in total. The molecule has 0 N–H and O–H groups in total. The maximum atomic E-state index is 6.41. The van der Waals surface area contributed by atoms with Gasteiger partial charge in [0.05, 0.1) is 6.10 Å². The third-order valence-corrected chi connectivity index (χ3v) is 7.23. The van der Waals surface area contributed by atoms with Gasteiger partial charge in [-0.15, -0.1) is 0 Å². The van der Waals surface area contributed by atoms with Crippen LogP contribution in [0.15, 0.2) is 24.3 Å². The van der Waals surface area contributed by atoms with E-state index in [-0.39, 0.29) is 0 Å². The predicted octanol–water partition coefficient (Wildman–Crippen LogP) is 6.04. The van der Waals surface area contributed by atoms with Crippen molar-refractivity contribution in [2.24, 2.45) is 29.6 Å². The van der Waals surface area contributed by atoms with Crippen LogP contribution in [0.3, 0.4) is 0 Å². The molecule has 0 saturated heterocycles. The summed E-state index contributed by atoms with van der Waals surface area (Å²) in [6.07, 6.45) is 9.04. The van der Waals surface area contributed by atoms with E-state index < -0.39 is 0 Å². The van der Waals surface area contributed by atoms with Crippen LogP contribution < -0.4 is 4.74 Å². The van der Waals surface area contributed by atoms with Crippen LogP contribution in [-0.2, 0) is 0 Å². The lowest BCUT2D eigenvalue weighted by Crippen LogP contribution is -2.49. The van der Waals surface area contributed by atoms with Gasteiger partial charge >= 0.3 is 0 Å². The van der Waals surface area contributed by atoms with Gasteiger partial charge in [0.1, 0.15) is 5.75 Å². The zero-order valence-corrected chi connectivity index (χ0v) is 15.0. The van der Waals surface area contributed by atoms with Crippen molar-refractivity contribution in [1.29, 1.82) is 0 Å². The highest BCUT2D eigenvalue weighted by molar-refractivity contribution is 5.29. The monoisotopic (exact) mass is 312 g/mol. The van der Waals surface area contributed by atoms with Gasteiger partial charge in [-0.1, -0.05) is 26.0 Å². The Bertz CT molecular complexity index is 503. The Balaban J connectivity index is 1.42. The summed E-state index contributed by atoms with van der Waals surface area (Å²) in [4.78, 5) is 0. The molecule has 1 aromatic carbocycles. The van der Waals surface area contributed by atoms with E-state index in [1.165, 1.54) is 44.1 Å². The number of hydrogen-bond acceptors (Lipinski definition) is 1. The van der Waals surface area contributed by atoms with E-state index in [1.807, 2.05) is 0 Å². The molecule has 1 aromatic rings. The maximum Gasteiger partial charge on any atom is 0.119 e. The van der Waals surface area contributed by atoms with Crippen molar-refractivity contribution in [3.05, 3.63) is 29.8 Å². The van der Waals surface area contributed by atoms with Crippen molar-refractivity contribution >= 4 is 0 Å². The summed E-state index contributed by atoms with van der Waals surface area (Å²) in [6.45, 7) is 6.88. The summed E-state index contributed by atoms with van der Waals surface area (Å²) < 4.78 is 6.41. The Morgan fingerprint density at radius 3 is 2.00 bits per heavy atom. The SMILES string of the molecule is CCC(C)c1ccc(OC(C)C2C3CC4CC(C3)CC2C4)cc1. The van der Waals surface area contributed by atoms with Crippen LogP contribution in [0.2, 0.25) is 0 Å². The first kappa shape index (κ1) is 15.5. The van der Waals surface area contributed by atoms with Crippen LogP contribution in [0.1, 0.15) is 70.8 Å². The smallest absolute Gasteiger partial charge is 0.119 e. The summed E-state index contributed by atoms with van der Waals surface area (Å²) >= 11 is 0. The summed E-state index contributed by atoms with van der Waals surface area (Å²) in [7, 11) is 0. The van der Waals surface area contributed by atoms with Gasteiger partial charge in [-0.05, 0) is 92.7 Å². The Morgan fingerprint density at radius 1 is 0.913 bits per heavy atom. The Hall–Kier alpha value is -0.980. The molecule has 4 aliphatic rings. The van der Waals surface area contributed by atoms with E-state index in [0.29, 0.717) is 12.0 Å². The standard InChI is InChI=1S/C22H32O/c1-4-14(2)18-5-7-21(8-6-18)23-15(3)22-19-10-16-9-17(12-19)13-20(22)11-16/h5-8,14-17,19-20,22H,4,9-13H2,1-3H3. The zero-order chi connectivity index (χ0) is 16.0. The fraction of sp³-hybridized carbons (Fsp3) is 0.727. The Morgan fingerprint density at radius 2 is 1.48 bits per heavy atom. The van der Waals surface area contributed by atoms with Crippen molar-refractivity contribution < 1.29 is 4.74 Å². The first-order valence-electron chi connectivity index (χ1n) is 9.90. The molecular formula is C22H32O. The van der Waals surface area contributed by atoms with E-state index in [4.69, 9.17) is 4.74 Å². The first-order chi connectivity index (χ1) is 11.1. The highest BCUT2D eigenvalue weighted by Crippen LogP contribution is 2.57. The largest absolute Gasteiger partial charge is 0.490 e. The van der Waals surface area contributed by atoms with Crippen molar-refractivity contribution in [3.63, 3.8) is 0 Å². The predicted molar refractivity (Wildman–Crippen MR) is 95.8 cm³/mol. The second-order valence-corrected chi connectivity index (χ2v) is 8.71. The van der Waals surface area contributed by atoms with Gasteiger partial charge in [-0.25, -0.2) is 0 Å². The molecule has 4 bridgehead atoms. The topological polar surface area (TPSA) is 9.23 Å². The Labute approximate surface area is 141 Å². The average Bonchev–Trinajstić information content (AvgIpc) is 2.54. The van der Waals surface area contributed by atoms with Gasteiger partial charge in [0.2, 0.25) is 0 Å². The minimum Gasteiger partial charge on any atom is -0.490 e. The molecule has 2 unspecified atom stereocenters. The van der Waals surface area contributed by atoms with Gasteiger partial charge in [0.15, 0.2) is 0 Å². The molecule has 0 heterocycles. The van der Waals surface area contributed by atoms with Crippen LogP contribution in [0.4, 0.5) is 0 Å². The lowest BCUT2D eigenvalue weighted by molar-refractivity contribution is -0.0771. The fourth-order valence-electron chi connectivity index (χ4n) is 6.14. The van der Waals surface area contributed by atoms with Gasteiger partial charge in [-0.3, -0.25) is 0 Å². The van der Waals surface area contributed by atoms with Crippen LogP contribution in [0, 0.1) is 29.6 Å².